The summed E-state index contributed by atoms with van der Waals surface area (Å²) >= 11 is 1.33. The number of hydrogen-bond donors (Lipinski definition) is 1. The Morgan fingerprint density at radius 2 is 2.44 bits per heavy atom. The second-order valence-electron chi connectivity index (χ2n) is 3.07. The third-order valence-electron chi connectivity index (χ3n) is 1.81. The molecule has 0 aliphatic rings. The zero-order chi connectivity index (χ0) is 12.0. The zero-order valence-electron chi connectivity index (χ0n) is 8.97. The Labute approximate surface area is 97.8 Å². The normalized spacial score (nSPS) is 9.56. The van der Waals surface area contributed by atoms with E-state index in [1.807, 2.05) is 0 Å². The van der Waals surface area contributed by atoms with Crippen LogP contribution in [-0.2, 0) is 9.59 Å². The van der Waals surface area contributed by atoms with Crippen molar-refractivity contribution in [2.45, 2.75) is 6.92 Å². The van der Waals surface area contributed by atoms with Gasteiger partial charge in [0.05, 0.1) is 0 Å². The molecule has 1 heterocycles. The van der Waals surface area contributed by atoms with E-state index in [4.69, 9.17) is 0 Å². The Balaban J connectivity index is 2.48. The smallest absolute Gasteiger partial charge is 0.245 e. The molecule has 16 heavy (non-hydrogen) atoms. The Hall–Kier alpha value is -1.69. The van der Waals surface area contributed by atoms with Gasteiger partial charge in [-0.3, -0.25) is 9.59 Å². The monoisotopic (exact) mass is 239 g/mol. The first-order valence-corrected chi connectivity index (χ1v) is 5.57. The average Bonchev–Trinajstić information content (AvgIpc) is 2.69. The van der Waals surface area contributed by atoms with Gasteiger partial charge in [-0.15, -0.1) is 17.9 Å². The fourth-order valence-corrected chi connectivity index (χ4v) is 1.62. The molecule has 0 saturated carbocycles. The second kappa shape index (κ2) is 6.02. The highest BCUT2D eigenvalue weighted by atomic mass is 32.1. The van der Waals surface area contributed by atoms with Crippen molar-refractivity contribution in [2.75, 3.05) is 18.4 Å². The summed E-state index contributed by atoms with van der Waals surface area (Å²) in [4.78, 5) is 28.0. The zero-order valence-corrected chi connectivity index (χ0v) is 9.79. The SMILES string of the molecule is C=CCN(CC(=O)Nc1nccs1)C(C)=O. The largest absolute Gasteiger partial charge is 0.330 e. The first kappa shape index (κ1) is 12.4. The lowest BCUT2D eigenvalue weighted by molar-refractivity contribution is -0.132. The van der Waals surface area contributed by atoms with E-state index in [2.05, 4.69) is 16.9 Å². The number of thiazole rings is 1. The Morgan fingerprint density at radius 1 is 1.69 bits per heavy atom. The minimum Gasteiger partial charge on any atom is -0.330 e. The highest BCUT2D eigenvalue weighted by Gasteiger charge is 2.12. The van der Waals surface area contributed by atoms with Crippen LogP contribution in [0.2, 0.25) is 0 Å². The Bertz CT molecular complexity index is 375. The fraction of sp³-hybridized carbons (Fsp3) is 0.300. The summed E-state index contributed by atoms with van der Waals surface area (Å²) in [5.74, 6) is -0.416. The first-order valence-electron chi connectivity index (χ1n) is 4.69. The van der Waals surface area contributed by atoms with Gasteiger partial charge in [-0.25, -0.2) is 4.98 Å². The van der Waals surface area contributed by atoms with Gasteiger partial charge in [0.2, 0.25) is 11.8 Å². The number of nitrogens with zero attached hydrogens (tertiary/aromatic N) is 2. The molecule has 5 nitrogen and oxygen atoms in total. The molecule has 1 aromatic rings. The summed E-state index contributed by atoms with van der Waals surface area (Å²) in [7, 11) is 0. The molecule has 0 fully saturated rings. The molecule has 0 bridgehead atoms. The molecule has 0 aliphatic carbocycles. The quantitative estimate of drug-likeness (QED) is 0.783. The molecule has 86 valence electrons. The van der Waals surface area contributed by atoms with Crippen molar-refractivity contribution in [3.05, 3.63) is 24.2 Å². The van der Waals surface area contributed by atoms with Crippen LogP contribution in [0.3, 0.4) is 0 Å². The predicted molar refractivity (Wildman–Crippen MR) is 63.2 cm³/mol. The van der Waals surface area contributed by atoms with Crippen molar-refractivity contribution in [1.82, 2.24) is 9.88 Å². The summed E-state index contributed by atoms with van der Waals surface area (Å²) in [6.07, 6.45) is 3.19. The average molecular weight is 239 g/mol. The maximum absolute atomic E-state index is 11.5. The van der Waals surface area contributed by atoms with Crippen LogP contribution in [0.25, 0.3) is 0 Å². The van der Waals surface area contributed by atoms with E-state index in [-0.39, 0.29) is 18.4 Å². The van der Waals surface area contributed by atoms with Gasteiger partial charge >= 0.3 is 0 Å². The molecule has 1 aromatic heterocycles. The maximum Gasteiger partial charge on any atom is 0.245 e. The van der Waals surface area contributed by atoms with Crippen molar-refractivity contribution in [3.63, 3.8) is 0 Å². The van der Waals surface area contributed by atoms with Gasteiger partial charge in [0.1, 0.15) is 6.54 Å². The van der Waals surface area contributed by atoms with Gasteiger partial charge in [0.15, 0.2) is 5.13 Å². The third kappa shape index (κ3) is 3.82. The number of nitrogens with one attached hydrogen (secondary N) is 1. The van der Waals surface area contributed by atoms with Crippen LogP contribution in [0.5, 0.6) is 0 Å². The van der Waals surface area contributed by atoms with Crippen LogP contribution in [0.1, 0.15) is 6.92 Å². The van der Waals surface area contributed by atoms with Gasteiger partial charge in [-0.2, -0.15) is 0 Å². The standard InChI is InChI=1S/C10H13N3O2S/c1-3-5-13(8(2)14)7-9(15)12-10-11-4-6-16-10/h3-4,6H,1,5,7H2,2H3,(H,11,12,15). The molecular weight excluding hydrogens is 226 g/mol. The van der Waals surface area contributed by atoms with E-state index in [1.54, 1.807) is 17.7 Å². The van der Waals surface area contributed by atoms with Crippen molar-refractivity contribution < 1.29 is 9.59 Å². The van der Waals surface area contributed by atoms with Gasteiger partial charge < -0.3 is 10.2 Å². The molecule has 0 radical (unpaired) electrons. The minimum absolute atomic E-state index is 0.0148. The number of hydrogen-bond acceptors (Lipinski definition) is 4. The fourth-order valence-electron chi connectivity index (χ4n) is 1.08. The van der Waals surface area contributed by atoms with Crippen molar-refractivity contribution in [1.29, 1.82) is 0 Å². The van der Waals surface area contributed by atoms with Gasteiger partial charge in [-0.1, -0.05) is 6.08 Å². The lowest BCUT2D eigenvalue weighted by Crippen LogP contribution is -2.36. The molecule has 6 heteroatoms. The highest BCUT2D eigenvalue weighted by Crippen LogP contribution is 2.09. The minimum atomic E-state index is -0.257. The predicted octanol–water partition coefficient (Wildman–Crippen LogP) is 1.12. The van der Waals surface area contributed by atoms with Crippen LogP contribution in [0.4, 0.5) is 5.13 Å². The molecule has 0 aliphatic heterocycles. The van der Waals surface area contributed by atoms with E-state index in [0.717, 1.165) is 0 Å². The molecule has 1 N–H and O–H groups in total. The summed E-state index contributed by atoms with van der Waals surface area (Å²) in [5.41, 5.74) is 0. The Kier molecular flexibility index (Phi) is 4.65. The molecule has 0 atom stereocenters. The third-order valence-corrected chi connectivity index (χ3v) is 2.50. The van der Waals surface area contributed by atoms with Crippen LogP contribution in [0, 0.1) is 0 Å². The van der Waals surface area contributed by atoms with E-state index >= 15 is 0 Å². The number of anilines is 1. The molecule has 0 saturated heterocycles. The van der Waals surface area contributed by atoms with Crippen LogP contribution in [-0.4, -0.2) is 34.8 Å². The van der Waals surface area contributed by atoms with E-state index < -0.39 is 0 Å². The van der Waals surface area contributed by atoms with E-state index in [0.29, 0.717) is 11.7 Å². The lowest BCUT2D eigenvalue weighted by Gasteiger charge is -2.17. The van der Waals surface area contributed by atoms with Gasteiger partial charge in [-0.05, 0) is 0 Å². The highest BCUT2D eigenvalue weighted by molar-refractivity contribution is 7.13. The summed E-state index contributed by atoms with van der Waals surface area (Å²) < 4.78 is 0. The van der Waals surface area contributed by atoms with E-state index in [1.165, 1.54) is 23.2 Å². The van der Waals surface area contributed by atoms with E-state index in [9.17, 15) is 9.59 Å². The lowest BCUT2D eigenvalue weighted by atomic mass is 10.4. The second-order valence-corrected chi connectivity index (χ2v) is 3.97. The number of rotatable bonds is 5. The van der Waals surface area contributed by atoms with Crippen LogP contribution in [0.15, 0.2) is 24.2 Å². The first-order chi connectivity index (χ1) is 7.63. The molecule has 1 rings (SSSR count). The van der Waals surface area contributed by atoms with Crippen molar-refractivity contribution in [2.24, 2.45) is 0 Å². The van der Waals surface area contributed by atoms with Crippen molar-refractivity contribution in [3.8, 4) is 0 Å². The topological polar surface area (TPSA) is 62.3 Å². The van der Waals surface area contributed by atoms with Crippen molar-refractivity contribution >= 4 is 28.3 Å². The maximum atomic E-state index is 11.5. The molecule has 0 aromatic carbocycles. The summed E-state index contributed by atoms with van der Waals surface area (Å²) in [6, 6.07) is 0. The molecule has 2 amide bonds. The molecule has 0 spiro atoms. The van der Waals surface area contributed by atoms with Gasteiger partial charge in [0.25, 0.3) is 0 Å². The Morgan fingerprint density at radius 3 is 2.94 bits per heavy atom. The van der Waals surface area contributed by atoms with Gasteiger partial charge in [0, 0.05) is 25.0 Å². The molecular formula is C10H13N3O2S. The number of carbonyl (C=O) groups excluding carboxylic acids is 2. The number of amides is 2. The van der Waals surface area contributed by atoms with Crippen LogP contribution >= 0.6 is 11.3 Å². The number of aromatic nitrogens is 1. The summed E-state index contributed by atoms with van der Waals surface area (Å²) in [5, 5.41) is 4.91. The molecule has 0 unspecified atom stereocenters. The number of carbonyl (C=O) groups is 2. The van der Waals surface area contributed by atoms with Crippen LogP contribution < -0.4 is 5.32 Å². The summed E-state index contributed by atoms with van der Waals surface area (Å²) in [6.45, 7) is 5.32.